The molecule has 278 valence electrons. The van der Waals surface area contributed by atoms with Crippen LogP contribution in [0.25, 0.3) is 44.5 Å². The van der Waals surface area contributed by atoms with E-state index in [0.717, 1.165) is 5.69 Å². The van der Waals surface area contributed by atoms with E-state index in [0.29, 0.717) is 0 Å². The van der Waals surface area contributed by atoms with E-state index in [1.807, 2.05) is 0 Å². The van der Waals surface area contributed by atoms with Gasteiger partial charge in [0.25, 0.3) is 0 Å². The van der Waals surface area contributed by atoms with Crippen LogP contribution in [0.4, 0.5) is 17.1 Å². The molecule has 0 bridgehead atoms. The van der Waals surface area contributed by atoms with Crippen molar-refractivity contribution < 1.29 is 0 Å². The van der Waals surface area contributed by atoms with Crippen LogP contribution < -0.4 is 4.90 Å². The second-order valence-corrected chi connectivity index (χ2v) is 17.8. The third-order valence-electron chi connectivity index (χ3n) is 13.8. The lowest BCUT2D eigenvalue weighted by Crippen LogP contribution is -2.15. The van der Waals surface area contributed by atoms with Gasteiger partial charge < -0.3 is 4.90 Å². The molecule has 0 amide bonds. The average molecular weight is 728 g/mol. The Balaban J connectivity index is 1.32. The highest BCUT2D eigenvalue weighted by Gasteiger charge is 2.37. The van der Waals surface area contributed by atoms with Crippen LogP contribution in [0.1, 0.15) is 88.9 Å². The van der Waals surface area contributed by atoms with E-state index < -0.39 is 0 Å². The summed E-state index contributed by atoms with van der Waals surface area (Å²) in [6, 6.07) is 46.7. The second kappa shape index (κ2) is 12.7. The molecule has 0 radical (unpaired) electrons. The molecule has 9 rings (SSSR count). The molecule has 7 aromatic rings. The summed E-state index contributed by atoms with van der Waals surface area (Å²) in [5.41, 5.74) is 28.6. The van der Waals surface area contributed by atoms with Gasteiger partial charge in [-0.05, 0) is 203 Å². The molecule has 0 aromatic heterocycles. The van der Waals surface area contributed by atoms with Gasteiger partial charge in [-0.2, -0.15) is 0 Å². The number of fused-ring (bicyclic) bond motifs is 6. The number of aryl methyl sites for hydroxylation is 4. The van der Waals surface area contributed by atoms with E-state index in [9.17, 15) is 0 Å². The molecule has 0 spiro atoms. The lowest BCUT2D eigenvalue weighted by Gasteiger charge is -2.30. The Morgan fingerprint density at radius 3 is 1.05 bits per heavy atom. The van der Waals surface area contributed by atoms with Crippen molar-refractivity contribution in [1.29, 1.82) is 0 Å². The Labute approximate surface area is 334 Å². The van der Waals surface area contributed by atoms with Crippen molar-refractivity contribution in [2.24, 2.45) is 0 Å². The summed E-state index contributed by atoms with van der Waals surface area (Å²) in [6.45, 7) is 25.3. The fourth-order valence-electron chi connectivity index (χ4n) is 9.90. The van der Waals surface area contributed by atoms with Gasteiger partial charge >= 0.3 is 0 Å². The van der Waals surface area contributed by atoms with Gasteiger partial charge in [0, 0.05) is 27.9 Å². The van der Waals surface area contributed by atoms with E-state index in [1.165, 1.54) is 117 Å². The number of benzene rings is 7. The monoisotopic (exact) mass is 727 g/mol. The first-order valence-corrected chi connectivity index (χ1v) is 20.3. The zero-order chi connectivity index (χ0) is 39.4. The Bertz CT molecular complexity index is 2540. The van der Waals surface area contributed by atoms with Crippen LogP contribution in [-0.4, -0.2) is 0 Å². The van der Waals surface area contributed by atoms with Crippen molar-refractivity contribution >= 4 is 17.1 Å². The van der Waals surface area contributed by atoms with E-state index in [-0.39, 0.29) is 10.8 Å². The van der Waals surface area contributed by atoms with Crippen molar-refractivity contribution in [3.05, 3.63) is 183 Å². The molecule has 0 fully saturated rings. The molecule has 0 aliphatic heterocycles. The minimum Gasteiger partial charge on any atom is -0.310 e. The standard InChI is InChI=1S/C55H53N/c1-32-24-41(25-33(2)36(32)5)56(42-26-34(3)37(6)35(4)27-42)43-30-48(39-20-22-46-44-16-12-14-18-50(44)54(8,9)52(46)28-39)38(7)49(31-43)40-21-23-47-45-17-13-15-19-51(45)55(10,11)53(47)29-40/h12-31H,1-11H3. The van der Waals surface area contributed by atoms with Crippen molar-refractivity contribution in [2.45, 2.75) is 87.0 Å². The Morgan fingerprint density at radius 1 is 0.321 bits per heavy atom. The molecule has 2 aliphatic carbocycles. The number of anilines is 3. The van der Waals surface area contributed by atoms with Crippen molar-refractivity contribution in [2.75, 3.05) is 4.90 Å². The van der Waals surface area contributed by atoms with Gasteiger partial charge in [0.2, 0.25) is 0 Å². The normalized spacial score (nSPS) is 14.3. The molecule has 0 atom stereocenters. The molecule has 0 saturated carbocycles. The first-order chi connectivity index (χ1) is 26.7. The summed E-state index contributed by atoms with van der Waals surface area (Å²) in [6.07, 6.45) is 0. The highest BCUT2D eigenvalue weighted by molar-refractivity contribution is 5.92. The third-order valence-corrected chi connectivity index (χ3v) is 13.8. The lowest BCUT2D eigenvalue weighted by atomic mass is 9.80. The maximum absolute atomic E-state index is 2.51. The largest absolute Gasteiger partial charge is 0.310 e. The van der Waals surface area contributed by atoms with Crippen LogP contribution in [0.15, 0.2) is 121 Å². The van der Waals surface area contributed by atoms with Crippen LogP contribution in [0.5, 0.6) is 0 Å². The van der Waals surface area contributed by atoms with Gasteiger partial charge in [0.05, 0.1) is 0 Å². The molecule has 1 heteroatoms. The molecule has 56 heavy (non-hydrogen) atoms. The van der Waals surface area contributed by atoms with E-state index >= 15 is 0 Å². The predicted octanol–water partition coefficient (Wildman–Crippen LogP) is 15.3. The van der Waals surface area contributed by atoms with Gasteiger partial charge in [0.15, 0.2) is 0 Å². The molecule has 0 saturated heterocycles. The Morgan fingerprint density at radius 2 is 0.661 bits per heavy atom. The van der Waals surface area contributed by atoms with Gasteiger partial charge in [0.1, 0.15) is 0 Å². The molecule has 0 heterocycles. The highest BCUT2D eigenvalue weighted by atomic mass is 15.1. The first-order valence-electron chi connectivity index (χ1n) is 20.3. The van der Waals surface area contributed by atoms with E-state index in [4.69, 9.17) is 0 Å². The van der Waals surface area contributed by atoms with Crippen molar-refractivity contribution in [1.82, 2.24) is 0 Å². The molecule has 2 aliphatic rings. The fourth-order valence-corrected chi connectivity index (χ4v) is 9.90. The smallest absolute Gasteiger partial charge is 0.0474 e. The van der Waals surface area contributed by atoms with Gasteiger partial charge in [-0.1, -0.05) is 100 Å². The summed E-state index contributed by atoms with van der Waals surface area (Å²) in [5, 5.41) is 0. The summed E-state index contributed by atoms with van der Waals surface area (Å²) >= 11 is 0. The van der Waals surface area contributed by atoms with Crippen molar-refractivity contribution in [3.8, 4) is 44.5 Å². The number of hydrogen-bond acceptors (Lipinski definition) is 1. The lowest BCUT2D eigenvalue weighted by molar-refractivity contribution is 0.660. The Hall–Kier alpha value is -5.66. The summed E-state index contributed by atoms with van der Waals surface area (Å²) in [5.74, 6) is 0. The minimum absolute atomic E-state index is 0.0865. The molecule has 0 unspecified atom stereocenters. The maximum Gasteiger partial charge on any atom is 0.0474 e. The zero-order valence-electron chi connectivity index (χ0n) is 35.0. The SMILES string of the molecule is Cc1cc(N(c2cc(C)c(C)c(C)c2)c2cc(-c3ccc4c(c3)C(C)(C)c3ccccc3-4)c(C)c(-c3ccc4c(c3)C(C)(C)c3ccccc3-4)c2)cc(C)c1C. The van der Waals surface area contributed by atoms with Gasteiger partial charge in [-0.15, -0.1) is 0 Å². The third kappa shape index (κ3) is 5.35. The summed E-state index contributed by atoms with van der Waals surface area (Å²) < 4.78 is 0. The summed E-state index contributed by atoms with van der Waals surface area (Å²) in [4.78, 5) is 2.51. The highest BCUT2D eigenvalue weighted by Crippen LogP contribution is 2.53. The minimum atomic E-state index is -0.0865. The Kier molecular flexibility index (Phi) is 8.16. The van der Waals surface area contributed by atoms with Crippen LogP contribution in [-0.2, 0) is 10.8 Å². The number of nitrogens with zero attached hydrogens (tertiary/aromatic N) is 1. The molecular formula is C55H53N. The van der Waals surface area contributed by atoms with Crippen LogP contribution in [0.2, 0.25) is 0 Å². The van der Waals surface area contributed by atoms with Crippen molar-refractivity contribution in [3.63, 3.8) is 0 Å². The zero-order valence-corrected chi connectivity index (χ0v) is 35.0. The quantitative estimate of drug-likeness (QED) is 0.171. The first kappa shape index (κ1) is 36.0. The van der Waals surface area contributed by atoms with Gasteiger partial charge in [-0.3, -0.25) is 0 Å². The molecule has 1 nitrogen and oxygen atoms in total. The fraction of sp³-hybridized carbons (Fsp3) is 0.236. The van der Waals surface area contributed by atoms with E-state index in [1.54, 1.807) is 0 Å². The molecule has 0 N–H and O–H groups in total. The van der Waals surface area contributed by atoms with Gasteiger partial charge in [-0.25, -0.2) is 0 Å². The topological polar surface area (TPSA) is 3.24 Å². The van der Waals surface area contributed by atoms with Crippen LogP contribution in [0, 0.1) is 48.5 Å². The molecular weight excluding hydrogens is 675 g/mol. The average Bonchev–Trinajstić information content (AvgIpc) is 3.55. The van der Waals surface area contributed by atoms with E-state index in [2.05, 4.69) is 202 Å². The second-order valence-electron chi connectivity index (χ2n) is 17.8. The summed E-state index contributed by atoms with van der Waals surface area (Å²) in [7, 11) is 0. The molecule has 7 aromatic carbocycles. The maximum atomic E-state index is 2.51. The number of hydrogen-bond donors (Lipinski definition) is 0. The number of rotatable bonds is 5. The predicted molar refractivity (Wildman–Crippen MR) is 240 cm³/mol. The van der Waals surface area contributed by atoms with Crippen LogP contribution in [0.3, 0.4) is 0 Å². The van der Waals surface area contributed by atoms with Crippen LogP contribution >= 0.6 is 0 Å².